The number of benzene rings is 1. The first-order valence-electron chi connectivity index (χ1n) is 13.4. The van der Waals surface area contributed by atoms with Gasteiger partial charge < -0.3 is 19.5 Å². The number of nitrogens with one attached hydrogen (secondary N) is 1. The maximum Gasteiger partial charge on any atom is 0.223 e. The predicted octanol–water partition coefficient (Wildman–Crippen LogP) is 4.36. The van der Waals surface area contributed by atoms with Crippen molar-refractivity contribution in [1.29, 1.82) is 0 Å². The van der Waals surface area contributed by atoms with Crippen molar-refractivity contribution in [1.82, 2.24) is 15.4 Å². The van der Waals surface area contributed by atoms with Crippen LogP contribution in [0.3, 0.4) is 0 Å². The molecular formula is C27H39FN4O3. The number of amides is 1. The SMILES string of the molecule is CO[C@@H]1CCC[C@@H](C(=O)NC2CCC(CCN3CCN(c4noc5ccc(F)cc45)CC3)CC2)C1. The van der Waals surface area contributed by atoms with Crippen LogP contribution in [0.5, 0.6) is 0 Å². The molecule has 2 atom stereocenters. The van der Waals surface area contributed by atoms with Crippen molar-refractivity contribution in [3.8, 4) is 0 Å². The number of ether oxygens (including phenoxy) is 1. The van der Waals surface area contributed by atoms with Gasteiger partial charge in [0, 0.05) is 45.2 Å². The van der Waals surface area contributed by atoms with E-state index in [1.165, 1.54) is 31.4 Å². The number of nitrogens with zero attached hydrogens (tertiary/aromatic N) is 3. The summed E-state index contributed by atoms with van der Waals surface area (Å²) in [5, 5.41) is 8.30. The van der Waals surface area contributed by atoms with Crippen molar-refractivity contribution in [3.63, 3.8) is 0 Å². The number of hydrogen-bond acceptors (Lipinski definition) is 6. The van der Waals surface area contributed by atoms with Crippen molar-refractivity contribution in [2.75, 3.05) is 44.7 Å². The van der Waals surface area contributed by atoms with Crippen LogP contribution in [0.15, 0.2) is 22.7 Å². The third kappa shape index (κ3) is 5.97. The lowest BCUT2D eigenvalue weighted by atomic mass is 9.82. The van der Waals surface area contributed by atoms with E-state index in [4.69, 9.17) is 9.26 Å². The molecule has 0 bridgehead atoms. The lowest BCUT2D eigenvalue weighted by Gasteiger charge is -2.36. The van der Waals surface area contributed by atoms with E-state index in [9.17, 15) is 9.18 Å². The van der Waals surface area contributed by atoms with Gasteiger partial charge in [-0.15, -0.1) is 0 Å². The first kappa shape index (κ1) is 24.5. The second-order valence-corrected chi connectivity index (χ2v) is 10.7. The standard InChI is InChI=1S/C27H39FN4O3/c1-34-23-4-2-3-20(17-23)27(33)29-22-8-5-19(6-9-22)11-12-31-13-15-32(16-14-31)26-24-18-21(28)7-10-25(24)35-30-26/h7,10,18-20,22-23H,2-6,8-9,11-17H2,1H3,(H,29,33)/t19?,20-,22?,23-/m1/s1. The van der Waals surface area contributed by atoms with Gasteiger partial charge in [0.25, 0.3) is 0 Å². The van der Waals surface area contributed by atoms with Crippen LogP contribution in [0.25, 0.3) is 11.0 Å². The van der Waals surface area contributed by atoms with Crippen LogP contribution in [0.2, 0.25) is 0 Å². The van der Waals surface area contributed by atoms with E-state index in [1.807, 2.05) is 0 Å². The lowest BCUT2D eigenvalue weighted by Crippen LogP contribution is -2.47. The van der Waals surface area contributed by atoms with Gasteiger partial charge in [-0.3, -0.25) is 9.69 Å². The molecule has 35 heavy (non-hydrogen) atoms. The van der Waals surface area contributed by atoms with Crippen LogP contribution in [-0.4, -0.2) is 67.9 Å². The number of aromatic nitrogens is 1. The van der Waals surface area contributed by atoms with Gasteiger partial charge in [0.1, 0.15) is 5.82 Å². The zero-order chi connectivity index (χ0) is 24.2. The fourth-order valence-corrected chi connectivity index (χ4v) is 6.19. The maximum absolute atomic E-state index is 13.7. The Morgan fingerprint density at radius 2 is 1.94 bits per heavy atom. The van der Waals surface area contributed by atoms with Gasteiger partial charge in [0.2, 0.25) is 5.91 Å². The highest BCUT2D eigenvalue weighted by molar-refractivity contribution is 5.88. The number of carbonyl (C=O) groups excluding carboxylic acids is 1. The number of carbonyl (C=O) groups is 1. The van der Waals surface area contributed by atoms with Gasteiger partial charge >= 0.3 is 0 Å². The van der Waals surface area contributed by atoms with E-state index in [1.54, 1.807) is 13.2 Å². The molecule has 192 valence electrons. The van der Waals surface area contributed by atoms with Crippen molar-refractivity contribution < 1.29 is 18.4 Å². The molecule has 3 fully saturated rings. The highest BCUT2D eigenvalue weighted by Gasteiger charge is 2.30. The molecule has 0 spiro atoms. The summed E-state index contributed by atoms with van der Waals surface area (Å²) in [6, 6.07) is 4.90. The largest absolute Gasteiger partial charge is 0.381 e. The van der Waals surface area contributed by atoms with E-state index in [-0.39, 0.29) is 23.7 Å². The molecule has 3 aliphatic rings. The Labute approximate surface area is 207 Å². The van der Waals surface area contributed by atoms with Crippen molar-refractivity contribution in [3.05, 3.63) is 24.0 Å². The lowest BCUT2D eigenvalue weighted by molar-refractivity contribution is -0.128. The predicted molar refractivity (Wildman–Crippen MR) is 134 cm³/mol. The average molecular weight is 487 g/mol. The monoisotopic (exact) mass is 486 g/mol. The quantitative estimate of drug-likeness (QED) is 0.627. The summed E-state index contributed by atoms with van der Waals surface area (Å²) >= 11 is 0. The van der Waals surface area contributed by atoms with Gasteiger partial charge in [0.15, 0.2) is 11.4 Å². The van der Waals surface area contributed by atoms with E-state index in [0.717, 1.165) is 88.4 Å². The first-order valence-corrected chi connectivity index (χ1v) is 13.4. The van der Waals surface area contributed by atoms with Crippen LogP contribution in [-0.2, 0) is 9.53 Å². The molecule has 1 aliphatic heterocycles. The molecule has 0 unspecified atom stereocenters. The molecule has 1 aromatic heterocycles. The Bertz CT molecular complexity index is 982. The molecule has 5 rings (SSSR count). The molecule has 1 saturated heterocycles. The third-order valence-corrected chi connectivity index (χ3v) is 8.46. The number of fused-ring (bicyclic) bond motifs is 1. The van der Waals surface area contributed by atoms with Gasteiger partial charge in [-0.25, -0.2) is 4.39 Å². The van der Waals surface area contributed by atoms with Crippen LogP contribution in [0.4, 0.5) is 10.2 Å². The van der Waals surface area contributed by atoms with E-state index in [2.05, 4.69) is 20.3 Å². The van der Waals surface area contributed by atoms with E-state index in [0.29, 0.717) is 11.6 Å². The van der Waals surface area contributed by atoms with E-state index >= 15 is 0 Å². The molecular weight excluding hydrogens is 447 g/mol. The summed E-state index contributed by atoms with van der Waals surface area (Å²) in [5.41, 5.74) is 0.633. The summed E-state index contributed by atoms with van der Waals surface area (Å²) in [6.07, 6.45) is 10.1. The van der Waals surface area contributed by atoms with Crippen LogP contribution in [0, 0.1) is 17.7 Å². The smallest absolute Gasteiger partial charge is 0.223 e. The van der Waals surface area contributed by atoms with Gasteiger partial charge in [-0.05, 0) is 82.0 Å². The Morgan fingerprint density at radius 1 is 1.14 bits per heavy atom. The summed E-state index contributed by atoms with van der Waals surface area (Å²) in [6.45, 7) is 4.84. The molecule has 1 aromatic carbocycles. The Kier molecular flexibility index (Phi) is 7.88. The first-order chi connectivity index (χ1) is 17.1. The summed E-state index contributed by atoms with van der Waals surface area (Å²) in [5.74, 6) is 1.61. The van der Waals surface area contributed by atoms with Crippen LogP contribution < -0.4 is 10.2 Å². The Balaban J connectivity index is 1.01. The summed E-state index contributed by atoms with van der Waals surface area (Å²) in [4.78, 5) is 17.5. The van der Waals surface area contributed by atoms with Gasteiger partial charge in [0.05, 0.1) is 11.5 Å². The van der Waals surface area contributed by atoms with Crippen molar-refractivity contribution in [2.24, 2.45) is 11.8 Å². The number of piperazine rings is 1. The molecule has 0 radical (unpaired) electrons. The van der Waals surface area contributed by atoms with E-state index < -0.39 is 0 Å². The fourth-order valence-electron chi connectivity index (χ4n) is 6.19. The van der Waals surface area contributed by atoms with Gasteiger partial charge in [-0.1, -0.05) is 11.6 Å². The highest BCUT2D eigenvalue weighted by Crippen LogP contribution is 2.31. The zero-order valence-electron chi connectivity index (χ0n) is 20.9. The normalized spacial score (nSPS) is 28.3. The Morgan fingerprint density at radius 3 is 2.71 bits per heavy atom. The summed E-state index contributed by atoms with van der Waals surface area (Å²) in [7, 11) is 1.76. The maximum atomic E-state index is 13.7. The molecule has 2 saturated carbocycles. The van der Waals surface area contributed by atoms with Crippen molar-refractivity contribution >= 4 is 22.7 Å². The van der Waals surface area contributed by atoms with Crippen LogP contribution in [0.1, 0.15) is 57.8 Å². The minimum absolute atomic E-state index is 0.124. The number of anilines is 1. The molecule has 8 heteroatoms. The minimum Gasteiger partial charge on any atom is -0.381 e. The summed E-state index contributed by atoms with van der Waals surface area (Å²) < 4.78 is 24.6. The average Bonchev–Trinajstić information content (AvgIpc) is 3.31. The Hall–Kier alpha value is -2.19. The number of halogens is 1. The molecule has 7 nitrogen and oxygen atoms in total. The zero-order valence-corrected chi connectivity index (χ0v) is 20.9. The molecule has 2 heterocycles. The topological polar surface area (TPSA) is 70.8 Å². The minimum atomic E-state index is -0.261. The third-order valence-electron chi connectivity index (χ3n) is 8.46. The highest BCUT2D eigenvalue weighted by atomic mass is 19.1. The number of rotatable bonds is 7. The molecule has 2 aliphatic carbocycles. The number of hydrogen-bond donors (Lipinski definition) is 1. The molecule has 1 amide bonds. The van der Waals surface area contributed by atoms with Crippen molar-refractivity contribution in [2.45, 2.75) is 69.9 Å². The fraction of sp³-hybridized carbons (Fsp3) is 0.704. The molecule has 1 N–H and O–H groups in total. The number of methoxy groups -OCH3 is 1. The van der Waals surface area contributed by atoms with Gasteiger partial charge in [-0.2, -0.15) is 0 Å². The second-order valence-electron chi connectivity index (χ2n) is 10.7. The molecule has 2 aromatic rings. The second kappa shape index (κ2) is 11.2. The van der Waals surface area contributed by atoms with Crippen LogP contribution >= 0.6 is 0 Å².